The Bertz CT molecular complexity index is 1180. The third-order valence-electron chi connectivity index (χ3n) is 5.35. The van der Waals surface area contributed by atoms with Crippen LogP contribution in [0, 0.1) is 5.82 Å². The number of benzene rings is 3. The van der Waals surface area contributed by atoms with Crippen molar-refractivity contribution in [2.24, 2.45) is 0 Å². The molecule has 3 aromatic rings. The Morgan fingerprint density at radius 1 is 1.06 bits per heavy atom. The smallest absolute Gasteiger partial charge is 0.265 e. The number of carbonyl (C=O) groups excluding carboxylic acids is 2. The largest absolute Gasteiger partial charge is 0.352 e. The summed E-state index contributed by atoms with van der Waals surface area (Å²) in [5.41, 5.74) is 2.94. The SMILES string of the molecule is CCCCNC(=O)c1ccc2c(c1)N(Cc1ccc(F)cc1)C(=O)C(=Cc1ccccc1)S2. The van der Waals surface area contributed by atoms with Crippen LogP contribution >= 0.6 is 11.8 Å². The minimum absolute atomic E-state index is 0.149. The molecule has 0 aliphatic carbocycles. The monoisotopic (exact) mass is 460 g/mol. The summed E-state index contributed by atoms with van der Waals surface area (Å²) in [5.74, 6) is -0.629. The zero-order chi connectivity index (χ0) is 23.2. The van der Waals surface area contributed by atoms with E-state index in [0.29, 0.717) is 22.7 Å². The summed E-state index contributed by atoms with van der Waals surface area (Å²) in [6.07, 6.45) is 3.78. The number of rotatable bonds is 7. The Balaban J connectivity index is 1.70. The number of fused-ring (bicyclic) bond motifs is 1. The summed E-state index contributed by atoms with van der Waals surface area (Å²) in [7, 11) is 0. The number of unbranched alkanes of at least 4 members (excludes halogenated alkanes) is 1. The van der Waals surface area contributed by atoms with Crippen molar-refractivity contribution in [2.75, 3.05) is 11.4 Å². The zero-order valence-corrected chi connectivity index (χ0v) is 19.2. The Labute approximate surface area is 197 Å². The first-order valence-corrected chi connectivity index (χ1v) is 11.8. The van der Waals surface area contributed by atoms with Gasteiger partial charge in [-0.3, -0.25) is 9.59 Å². The molecule has 0 saturated heterocycles. The number of nitrogens with zero attached hydrogens (tertiary/aromatic N) is 1. The van der Waals surface area contributed by atoms with Gasteiger partial charge in [-0.05, 0) is 54.0 Å². The lowest BCUT2D eigenvalue weighted by atomic mass is 10.1. The van der Waals surface area contributed by atoms with Crippen LogP contribution in [0.25, 0.3) is 6.08 Å². The highest BCUT2D eigenvalue weighted by Gasteiger charge is 2.30. The number of nitrogens with one attached hydrogen (secondary N) is 1. The van der Waals surface area contributed by atoms with Crippen molar-refractivity contribution in [3.05, 3.63) is 100 Å². The third kappa shape index (κ3) is 5.52. The molecule has 0 unspecified atom stereocenters. The van der Waals surface area contributed by atoms with Gasteiger partial charge in [-0.1, -0.05) is 67.6 Å². The lowest BCUT2D eigenvalue weighted by Gasteiger charge is -2.31. The van der Waals surface area contributed by atoms with E-state index in [9.17, 15) is 14.0 Å². The van der Waals surface area contributed by atoms with Crippen LogP contribution in [-0.2, 0) is 11.3 Å². The van der Waals surface area contributed by atoms with Crippen LogP contribution in [0.15, 0.2) is 82.6 Å². The van der Waals surface area contributed by atoms with E-state index in [2.05, 4.69) is 12.2 Å². The van der Waals surface area contributed by atoms with Gasteiger partial charge < -0.3 is 10.2 Å². The second-order valence-corrected chi connectivity index (χ2v) is 8.91. The number of hydrogen-bond acceptors (Lipinski definition) is 3. The van der Waals surface area contributed by atoms with Crippen molar-refractivity contribution in [1.82, 2.24) is 5.32 Å². The molecule has 168 valence electrons. The van der Waals surface area contributed by atoms with Crippen LogP contribution in [0.1, 0.15) is 41.3 Å². The van der Waals surface area contributed by atoms with Crippen LogP contribution in [0.4, 0.5) is 10.1 Å². The summed E-state index contributed by atoms with van der Waals surface area (Å²) in [6.45, 7) is 2.96. The van der Waals surface area contributed by atoms with Gasteiger partial charge in [0.25, 0.3) is 11.8 Å². The molecule has 1 aliphatic rings. The summed E-state index contributed by atoms with van der Waals surface area (Å²) in [4.78, 5) is 29.3. The highest BCUT2D eigenvalue weighted by atomic mass is 32.2. The molecule has 0 radical (unpaired) electrons. The fourth-order valence-corrected chi connectivity index (χ4v) is 4.60. The van der Waals surface area contributed by atoms with Crippen LogP contribution in [-0.4, -0.2) is 18.4 Å². The molecule has 0 atom stereocenters. The number of halogens is 1. The number of thioether (sulfide) groups is 1. The first kappa shape index (κ1) is 22.8. The molecular formula is C27H25FN2O2S. The molecule has 0 aromatic heterocycles. The molecule has 0 bridgehead atoms. The van der Waals surface area contributed by atoms with E-state index < -0.39 is 0 Å². The molecule has 3 aromatic carbocycles. The van der Waals surface area contributed by atoms with Crippen LogP contribution in [0.5, 0.6) is 0 Å². The lowest BCUT2D eigenvalue weighted by molar-refractivity contribution is -0.114. The molecule has 0 fully saturated rings. The van der Waals surface area contributed by atoms with E-state index in [-0.39, 0.29) is 24.2 Å². The molecule has 1 N–H and O–H groups in total. The maximum Gasteiger partial charge on any atom is 0.265 e. The highest BCUT2D eigenvalue weighted by molar-refractivity contribution is 8.04. The molecule has 33 heavy (non-hydrogen) atoms. The lowest BCUT2D eigenvalue weighted by Crippen LogP contribution is -2.34. The first-order chi connectivity index (χ1) is 16.0. The Kier molecular flexibility index (Phi) is 7.25. The third-order valence-corrected chi connectivity index (χ3v) is 6.43. The predicted molar refractivity (Wildman–Crippen MR) is 132 cm³/mol. The number of carbonyl (C=O) groups is 2. The van der Waals surface area contributed by atoms with Crippen molar-refractivity contribution in [1.29, 1.82) is 0 Å². The minimum atomic E-state index is -0.324. The van der Waals surface area contributed by atoms with E-state index in [1.807, 2.05) is 42.5 Å². The topological polar surface area (TPSA) is 49.4 Å². The van der Waals surface area contributed by atoms with Crippen molar-refractivity contribution < 1.29 is 14.0 Å². The highest BCUT2D eigenvalue weighted by Crippen LogP contribution is 2.43. The molecule has 2 amide bonds. The van der Waals surface area contributed by atoms with Crippen molar-refractivity contribution >= 4 is 35.3 Å². The van der Waals surface area contributed by atoms with Crippen LogP contribution in [0.3, 0.4) is 0 Å². The van der Waals surface area contributed by atoms with E-state index in [1.165, 1.54) is 23.9 Å². The second-order valence-electron chi connectivity index (χ2n) is 7.83. The Hall–Kier alpha value is -3.38. The molecule has 6 heteroatoms. The minimum Gasteiger partial charge on any atom is -0.352 e. The van der Waals surface area contributed by atoms with Crippen LogP contribution in [0.2, 0.25) is 0 Å². The van der Waals surface area contributed by atoms with Gasteiger partial charge in [-0.15, -0.1) is 0 Å². The van der Waals surface area contributed by atoms with Gasteiger partial charge >= 0.3 is 0 Å². The molecule has 1 heterocycles. The second kappa shape index (κ2) is 10.5. The van der Waals surface area contributed by atoms with Gasteiger partial charge in [0.2, 0.25) is 0 Å². The summed E-state index contributed by atoms with van der Waals surface area (Å²) in [5, 5.41) is 2.93. The van der Waals surface area contributed by atoms with Crippen molar-refractivity contribution in [3.8, 4) is 0 Å². The van der Waals surface area contributed by atoms with E-state index in [1.54, 1.807) is 29.2 Å². The zero-order valence-electron chi connectivity index (χ0n) is 18.4. The summed E-state index contributed by atoms with van der Waals surface area (Å²) >= 11 is 1.40. The van der Waals surface area contributed by atoms with Gasteiger partial charge in [0.1, 0.15) is 5.82 Å². The van der Waals surface area contributed by atoms with Gasteiger partial charge in [-0.25, -0.2) is 4.39 Å². The molecule has 0 spiro atoms. The molecule has 0 saturated carbocycles. The number of amides is 2. The molecular weight excluding hydrogens is 435 g/mol. The fraction of sp³-hybridized carbons (Fsp3) is 0.185. The Morgan fingerprint density at radius 3 is 2.55 bits per heavy atom. The van der Waals surface area contributed by atoms with Gasteiger partial charge in [0.05, 0.1) is 17.1 Å². The quantitative estimate of drug-likeness (QED) is 0.346. The predicted octanol–water partition coefficient (Wildman–Crippen LogP) is 6.04. The average Bonchev–Trinajstić information content (AvgIpc) is 2.83. The van der Waals surface area contributed by atoms with Gasteiger partial charge in [-0.2, -0.15) is 0 Å². The fourth-order valence-electron chi connectivity index (χ4n) is 3.56. The normalized spacial score (nSPS) is 14.3. The van der Waals surface area contributed by atoms with E-state index in [0.717, 1.165) is 28.9 Å². The molecule has 4 nitrogen and oxygen atoms in total. The van der Waals surface area contributed by atoms with Crippen molar-refractivity contribution in [2.45, 2.75) is 31.2 Å². The maximum atomic E-state index is 13.5. The van der Waals surface area contributed by atoms with Crippen LogP contribution < -0.4 is 10.2 Å². The maximum absolute atomic E-state index is 13.5. The van der Waals surface area contributed by atoms with E-state index in [4.69, 9.17) is 0 Å². The average molecular weight is 461 g/mol. The molecule has 4 rings (SSSR count). The van der Waals surface area contributed by atoms with Gasteiger partial charge in [0.15, 0.2) is 0 Å². The van der Waals surface area contributed by atoms with E-state index >= 15 is 0 Å². The number of anilines is 1. The summed E-state index contributed by atoms with van der Waals surface area (Å²) < 4.78 is 13.4. The first-order valence-electron chi connectivity index (χ1n) is 11.0. The Morgan fingerprint density at radius 2 is 1.82 bits per heavy atom. The standard InChI is InChI=1S/C27H25FN2O2S/c1-2-3-15-29-26(31)21-11-14-24-23(17-21)30(18-20-9-12-22(28)13-10-20)27(32)25(33-24)16-19-7-5-4-6-8-19/h4-14,16-17H,2-3,15,18H2,1H3,(H,29,31). The molecule has 1 aliphatic heterocycles. The van der Waals surface area contributed by atoms with Crippen molar-refractivity contribution in [3.63, 3.8) is 0 Å². The summed E-state index contributed by atoms with van der Waals surface area (Å²) in [6, 6.07) is 21.3. The number of hydrogen-bond donors (Lipinski definition) is 1. The van der Waals surface area contributed by atoms with Gasteiger partial charge in [0, 0.05) is 17.0 Å².